The van der Waals surface area contributed by atoms with Crippen LogP contribution in [-0.2, 0) is 0 Å². The molecule has 1 aromatic carbocycles. The second-order valence-corrected chi connectivity index (χ2v) is 5.64. The summed E-state index contributed by atoms with van der Waals surface area (Å²) in [7, 11) is 4.13. The van der Waals surface area contributed by atoms with Gasteiger partial charge in [-0.05, 0) is 77.4 Å². The van der Waals surface area contributed by atoms with Gasteiger partial charge in [-0.15, -0.1) is 0 Å². The number of ether oxygens (including phenoxy) is 1. The summed E-state index contributed by atoms with van der Waals surface area (Å²) in [5.74, 6) is 0.871. The lowest BCUT2D eigenvalue weighted by molar-refractivity contribution is 0.242. The molecule has 0 heterocycles. The molecule has 0 aliphatic carbocycles. The van der Waals surface area contributed by atoms with Gasteiger partial charge < -0.3 is 20.3 Å². The Morgan fingerprint density at radius 2 is 1.90 bits per heavy atom. The zero-order valence-corrected chi connectivity index (χ0v) is 13.6. The zero-order valence-electron chi connectivity index (χ0n) is 12.8. The topological polar surface area (TPSA) is 36.5 Å². The third-order valence-corrected chi connectivity index (χ3v) is 2.80. The second-order valence-electron chi connectivity index (χ2n) is 5.23. The molecular formula is C15H25N3OS. The summed E-state index contributed by atoms with van der Waals surface area (Å²) in [5, 5.41) is 7.01. The molecule has 0 saturated heterocycles. The second kappa shape index (κ2) is 8.76. The first-order valence-electron chi connectivity index (χ1n) is 6.93. The van der Waals surface area contributed by atoms with Gasteiger partial charge in [0.05, 0.1) is 6.10 Å². The Morgan fingerprint density at radius 1 is 1.25 bits per heavy atom. The number of nitrogens with zero attached hydrogens (tertiary/aromatic N) is 1. The Balaban J connectivity index is 2.31. The van der Waals surface area contributed by atoms with Crippen molar-refractivity contribution in [1.82, 2.24) is 10.2 Å². The summed E-state index contributed by atoms with van der Waals surface area (Å²) in [6.07, 6.45) is 1.25. The standard InChI is InChI=1S/C15H25N3OS/c1-12(2)19-14-8-6-13(7-9-14)17-15(20)16-10-5-11-18(3)4/h6-9,12H,5,10-11H2,1-4H3,(H2,16,17,20). The lowest BCUT2D eigenvalue weighted by Crippen LogP contribution is -2.30. The molecule has 2 N–H and O–H groups in total. The van der Waals surface area contributed by atoms with Gasteiger partial charge in [0, 0.05) is 12.2 Å². The van der Waals surface area contributed by atoms with Gasteiger partial charge in [-0.25, -0.2) is 0 Å². The maximum Gasteiger partial charge on any atom is 0.170 e. The highest BCUT2D eigenvalue weighted by Crippen LogP contribution is 2.16. The first-order chi connectivity index (χ1) is 9.47. The summed E-state index contributed by atoms with van der Waals surface area (Å²) in [4.78, 5) is 2.16. The number of hydrogen-bond acceptors (Lipinski definition) is 3. The highest BCUT2D eigenvalue weighted by Gasteiger charge is 2.00. The third-order valence-electron chi connectivity index (χ3n) is 2.55. The Labute approximate surface area is 127 Å². The van der Waals surface area contributed by atoms with Crippen LogP contribution in [0.1, 0.15) is 20.3 Å². The van der Waals surface area contributed by atoms with Crippen molar-refractivity contribution in [2.24, 2.45) is 0 Å². The van der Waals surface area contributed by atoms with Crippen molar-refractivity contribution in [2.75, 3.05) is 32.5 Å². The number of benzene rings is 1. The Morgan fingerprint density at radius 3 is 2.45 bits per heavy atom. The molecule has 0 saturated carbocycles. The number of anilines is 1. The number of rotatable bonds is 7. The fourth-order valence-electron chi connectivity index (χ4n) is 1.66. The summed E-state index contributed by atoms with van der Waals surface area (Å²) >= 11 is 5.25. The van der Waals surface area contributed by atoms with E-state index in [0.29, 0.717) is 5.11 Å². The maximum absolute atomic E-state index is 5.60. The van der Waals surface area contributed by atoms with E-state index < -0.39 is 0 Å². The first kappa shape index (κ1) is 16.7. The van der Waals surface area contributed by atoms with Crippen molar-refractivity contribution < 1.29 is 4.74 Å². The number of thiocarbonyl (C=S) groups is 1. The fraction of sp³-hybridized carbons (Fsp3) is 0.533. The largest absolute Gasteiger partial charge is 0.491 e. The lowest BCUT2D eigenvalue weighted by Gasteiger charge is -2.13. The van der Waals surface area contributed by atoms with Crippen LogP contribution in [0.5, 0.6) is 5.75 Å². The Kier molecular flexibility index (Phi) is 7.33. The van der Waals surface area contributed by atoms with Gasteiger partial charge in [0.2, 0.25) is 0 Å². The molecule has 0 unspecified atom stereocenters. The van der Waals surface area contributed by atoms with Gasteiger partial charge in [0.15, 0.2) is 5.11 Å². The lowest BCUT2D eigenvalue weighted by atomic mass is 10.3. The van der Waals surface area contributed by atoms with Crippen LogP contribution in [-0.4, -0.2) is 43.3 Å². The molecule has 0 radical (unpaired) electrons. The van der Waals surface area contributed by atoms with Crippen LogP contribution in [0.25, 0.3) is 0 Å². The van der Waals surface area contributed by atoms with E-state index in [0.717, 1.165) is 30.9 Å². The predicted octanol–water partition coefficient (Wildman–Crippen LogP) is 2.71. The van der Waals surface area contributed by atoms with Crippen molar-refractivity contribution in [3.05, 3.63) is 24.3 Å². The van der Waals surface area contributed by atoms with Crippen LogP contribution in [0.4, 0.5) is 5.69 Å². The highest BCUT2D eigenvalue weighted by molar-refractivity contribution is 7.80. The molecule has 1 rings (SSSR count). The van der Waals surface area contributed by atoms with E-state index in [1.54, 1.807) is 0 Å². The molecule has 1 aromatic rings. The molecule has 0 atom stereocenters. The van der Waals surface area contributed by atoms with Gasteiger partial charge in [0.1, 0.15) is 5.75 Å². The van der Waals surface area contributed by atoms with Crippen molar-refractivity contribution in [1.29, 1.82) is 0 Å². The van der Waals surface area contributed by atoms with Crippen LogP contribution >= 0.6 is 12.2 Å². The molecule has 0 amide bonds. The van der Waals surface area contributed by atoms with Gasteiger partial charge in [-0.1, -0.05) is 0 Å². The van der Waals surface area contributed by atoms with E-state index in [1.165, 1.54) is 0 Å². The van der Waals surface area contributed by atoms with Crippen LogP contribution in [0.15, 0.2) is 24.3 Å². The van der Waals surface area contributed by atoms with Crippen molar-refractivity contribution >= 4 is 23.0 Å². The molecule has 0 aliphatic heterocycles. The molecule has 0 aromatic heterocycles. The minimum Gasteiger partial charge on any atom is -0.491 e. The number of nitrogens with one attached hydrogen (secondary N) is 2. The summed E-state index contributed by atoms with van der Waals surface area (Å²) < 4.78 is 5.60. The molecule has 0 bridgehead atoms. The van der Waals surface area contributed by atoms with Gasteiger partial charge in [0.25, 0.3) is 0 Å². The van der Waals surface area contributed by atoms with Crippen molar-refractivity contribution in [3.8, 4) is 5.75 Å². The fourth-order valence-corrected chi connectivity index (χ4v) is 1.88. The number of hydrogen-bond donors (Lipinski definition) is 2. The van der Waals surface area contributed by atoms with Crippen LogP contribution in [0.3, 0.4) is 0 Å². The van der Waals surface area contributed by atoms with Gasteiger partial charge in [-0.2, -0.15) is 0 Å². The van der Waals surface area contributed by atoms with E-state index in [9.17, 15) is 0 Å². The third kappa shape index (κ3) is 7.31. The highest BCUT2D eigenvalue weighted by atomic mass is 32.1. The van der Waals surface area contributed by atoms with Crippen LogP contribution in [0.2, 0.25) is 0 Å². The van der Waals surface area contributed by atoms with E-state index in [1.807, 2.05) is 38.1 Å². The quantitative estimate of drug-likeness (QED) is 0.597. The summed E-state index contributed by atoms with van der Waals surface area (Å²) in [5.41, 5.74) is 0.964. The predicted molar refractivity (Wildman–Crippen MR) is 89.6 cm³/mol. The minimum absolute atomic E-state index is 0.188. The molecule has 0 spiro atoms. The molecule has 5 heteroatoms. The normalized spacial score (nSPS) is 10.7. The van der Waals surface area contributed by atoms with Gasteiger partial charge in [-0.3, -0.25) is 0 Å². The maximum atomic E-state index is 5.60. The molecular weight excluding hydrogens is 270 g/mol. The molecule has 4 nitrogen and oxygen atoms in total. The van der Waals surface area contributed by atoms with E-state index >= 15 is 0 Å². The molecule has 0 aliphatic rings. The first-order valence-corrected chi connectivity index (χ1v) is 7.34. The SMILES string of the molecule is CC(C)Oc1ccc(NC(=S)NCCCN(C)C)cc1. The van der Waals surface area contributed by atoms with Crippen molar-refractivity contribution in [2.45, 2.75) is 26.4 Å². The average molecular weight is 295 g/mol. The van der Waals surface area contributed by atoms with Crippen molar-refractivity contribution in [3.63, 3.8) is 0 Å². The smallest absolute Gasteiger partial charge is 0.170 e. The summed E-state index contributed by atoms with van der Waals surface area (Å²) in [6, 6.07) is 7.81. The van der Waals surface area contributed by atoms with Crippen LogP contribution < -0.4 is 15.4 Å². The minimum atomic E-state index is 0.188. The Hall–Kier alpha value is -1.33. The van der Waals surface area contributed by atoms with E-state index in [4.69, 9.17) is 17.0 Å². The zero-order chi connectivity index (χ0) is 15.0. The molecule has 112 valence electrons. The van der Waals surface area contributed by atoms with Crippen LogP contribution in [0, 0.1) is 0 Å². The average Bonchev–Trinajstić information content (AvgIpc) is 2.36. The van der Waals surface area contributed by atoms with E-state index in [2.05, 4.69) is 29.6 Å². The summed E-state index contributed by atoms with van der Waals surface area (Å²) in [6.45, 7) is 5.95. The molecule has 0 fully saturated rings. The monoisotopic (exact) mass is 295 g/mol. The molecule has 20 heavy (non-hydrogen) atoms. The van der Waals surface area contributed by atoms with E-state index in [-0.39, 0.29) is 6.10 Å². The Bertz CT molecular complexity index is 404. The van der Waals surface area contributed by atoms with Gasteiger partial charge >= 0.3 is 0 Å².